The molecule has 0 radical (unpaired) electrons. The number of H-pyrrole nitrogens is 4. The van der Waals surface area contributed by atoms with Crippen LogP contribution in [0.5, 0.6) is 0 Å². The lowest BCUT2D eigenvalue weighted by molar-refractivity contribution is -0.112. The number of carbonyl (C=O) groups excluding carboxylic acids is 5. The van der Waals surface area contributed by atoms with Gasteiger partial charge in [0, 0.05) is 30.1 Å². The lowest BCUT2D eigenvalue weighted by Gasteiger charge is -2.06. The number of rotatable bonds is 11. The molecule has 0 bridgehead atoms. The lowest BCUT2D eigenvalue weighted by atomic mass is 10.2. The molecule has 0 aliphatic rings. The van der Waals surface area contributed by atoms with Crippen LogP contribution in [-0.4, -0.2) is 66.0 Å². The van der Waals surface area contributed by atoms with Crippen LogP contribution in [0.4, 0.5) is 23.0 Å². The van der Waals surface area contributed by atoms with Gasteiger partial charge in [-0.05, 0) is 43.6 Å². The maximum Gasteiger partial charge on any atom is 0.292 e. The van der Waals surface area contributed by atoms with Crippen LogP contribution in [-0.2, 0) is 4.79 Å². The van der Waals surface area contributed by atoms with Crippen molar-refractivity contribution >= 4 is 68.5 Å². The summed E-state index contributed by atoms with van der Waals surface area (Å²) in [6, 6.07) is 1.94. The fraction of sp³-hybridized carbons (Fsp3) is 0.214. The molecule has 0 aliphatic heterocycles. The molecule has 0 aromatic carbocycles. The third kappa shape index (κ3) is 7.22. The van der Waals surface area contributed by atoms with Crippen LogP contribution in [0.15, 0.2) is 23.5 Å². The van der Waals surface area contributed by atoms with E-state index in [1.165, 1.54) is 12.4 Å². The molecule has 4 heterocycles. The van der Waals surface area contributed by atoms with Gasteiger partial charge in [-0.1, -0.05) is 6.58 Å². The lowest BCUT2D eigenvalue weighted by Crippen LogP contribution is -2.25. The minimum atomic E-state index is -0.663. The molecule has 0 saturated carbocycles. The van der Waals surface area contributed by atoms with Crippen LogP contribution in [0.2, 0.25) is 0 Å². The van der Waals surface area contributed by atoms with Crippen molar-refractivity contribution in [2.45, 2.75) is 34.1 Å². The van der Waals surface area contributed by atoms with Gasteiger partial charge in [0.15, 0.2) is 23.3 Å². The molecule has 18 heteroatoms. The summed E-state index contributed by atoms with van der Waals surface area (Å²) in [5, 5.41) is 21.7. The Bertz CT molecular complexity index is 1920. The van der Waals surface area contributed by atoms with E-state index in [0.29, 0.717) is 33.9 Å². The zero-order valence-electron chi connectivity index (χ0n) is 25.0. The summed E-state index contributed by atoms with van der Waals surface area (Å²) in [5.41, 5.74) is 2.88. The molecule has 0 fully saturated rings. The van der Waals surface area contributed by atoms with Gasteiger partial charge in [0.1, 0.15) is 11.4 Å². The topological polar surface area (TPSA) is 258 Å². The maximum atomic E-state index is 13.0. The second-order valence-corrected chi connectivity index (χ2v) is 10.9. The number of aryl methyl sites for hydroxylation is 2. The van der Waals surface area contributed by atoms with Gasteiger partial charge in [0.25, 0.3) is 29.5 Å². The molecular formula is C28H29BrN12O5. The van der Waals surface area contributed by atoms with Gasteiger partial charge in [-0.3, -0.25) is 24.0 Å². The standard InChI is InChI=1S/C28H29BrN12O5/c1-11-16(9-32-18(11)25(43)31-8-6-7-30)36-26(44)19-12(2)17(10-33-19)37-27(45)22-34-15(5)21(39-22)41-28(46)23-35-14(4)20(38-23)40-24(42)13(3)29/h9-10,32-33H,3,6,8H2,1-2,4-5H3,(H,31,43)(H,34,39)(H,35,38)(H,36,44)(H,37,45)(H,40,42)(H,41,46). The van der Waals surface area contributed by atoms with Crippen molar-refractivity contribution < 1.29 is 24.0 Å². The first kappa shape index (κ1) is 32.9. The van der Waals surface area contributed by atoms with Gasteiger partial charge in [0.2, 0.25) is 0 Å². The summed E-state index contributed by atoms with van der Waals surface area (Å²) in [6.45, 7) is 10.2. The summed E-state index contributed by atoms with van der Waals surface area (Å²) in [5.74, 6) is -2.72. The van der Waals surface area contributed by atoms with Crippen molar-refractivity contribution in [2.75, 3.05) is 27.8 Å². The predicted molar refractivity (Wildman–Crippen MR) is 171 cm³/mol. The van der Waals surface area contributed by atoms with Crippen LogP contribution in [0, 0.1) is 39.0 Å². The van der Waals surface area contributed by atoms with Gasteiger partial charge in [-0.15, -0.1) is 0 Å². The number of halogens is 1. The molecule has 5 amide bonds. The number of carbonyl (C=O) groups is 5. The number of anilines is 4. The SMILES string of the molecule is C=C(Br)C(=O)Nc1nc(C(=O)Nc2nc(C(=O)Nc3c[nH]c(C(=O)Nc4c[nH]c(C(=O)NCCC#N)c4C)c3C)[nH]c2C)[nH]c1C. The molecule has 0 saturated heterocycles. The van der Waals surface area contributed by atoms with E-state index in [1.54, 1.807) is 27.7 Å². The minimum absolute atomic E-state index is 0.0782. The average Bonchev–Trinajstić information content (AvgIpc) is 3.76. The number of aromatic amines is 4. The summed E-state index contributed by atoms with van der Waals surface area (Å²) < 4.78 is 0.0889. The number of hydrogen-bond donors (Lipinski definition) is 9. The average molecular weight is 694 g/mol. The van der Waals surface area contributed by atoms with Crippen molar-refractivity contribution in [3.05, 3.63) is 69.0 Å². The molecule has 0 spiro atoms. The molecule has 4 rings (SSSR count). The second kappa shape index (κ2) is 13.8. The number of nitrogens with zero attached hydrogens (tertiary/aromatic N) is 3. The first-order valence-corrected chi connectivity index (χ1v) is 14.3. The van der Waals surface area contributed by atoms with Crippen molar-refractivity contribution in [1.82, 2.24) is 35.2 Å². The quantitative estimate of drug-likeness (QED) is 0.0830. The number of hydrogen-bond acceptors (Lipinski definition) is 8. The number of amides is 5. The fourth-order valence-corrected chi connectivity index (χ4v) is 4.23. The molecule has 0 atom stereocenters. The Morgan fingerprint density at radius 3 is 1.78 bits per heavy atom. The summed E-state index contributed by atoms with van der Waals surface area (Å²) >= 11 is 2.98. The van der Waals surface area contributed by atoms with E-state index in [1.807, 2.05) is 6.07 Å². The van der Waals surface area contributed by atoms with Gasteiger partial charge < -0.3 is 46.5 Å². The highest BCUT2D eigenvalue weighted by molar-refractivity contribution is 9.12. The van der Waals surface area contributed by atoms with Gasteiger partial charge in [0.05, 0.1) is 39.7 Å². The Kier molecular flexibility index (Phi) is 9.87. The van der Waals surface area contributed by atoms with E-state index in [9.17, 15) is 24.0 Å². The summed E-state index contributed by atoms with van der Waals surface area (Å²) in [7, 11) is 0. The number of aromatic nitrogens is 6. The van der Waals surface area contributed by atoms with Crippen LogP contribution < -0.4 is 26.6 Å². The molecule has 17 nitrogen and oxygen atoms in total. The van der Waals surface area contributed by atoms with Crippen molar-refractivity contribution in [1.29, 1.82) is 5.26 Å². The van der Waals surface area contributed by atoms with E-state index in [0.717, 1.165) is 0 Å². The molecule has 4 aromatic rings. The van der Waals surface area contributed by atoms with Crippen LogP contribution in [0.3, 0.4) is 0 Å². The first-order chi connectivity index (χ1) is 21.8. The molecular weight excluding hydrogens is 664 g/mol. The van der Waals surface area contributed by atoms with Crippen LogP contribution in [0.1, 0.15) is 71.2 Å². The van der Waals surface area contributed by atoms with E-state index in [4.69, 9.17) is 5.26 Å². The molecule has 0 unspecified atom stereocenters. The summed E-state index contributed by atoms with van der Waals surface area (Å²) in [4.78, 5) is 82.5. The highest BCUT2D eigenvalue weighted by Crippen LogP contribution is 2.24. The molecule has 9 N–H and O–H groups in total. The zero-order valence-corrected chi connectivity index (χ0v) is 26.6. The minimum Gasteiger partial charge on any atom is -0.355 e. The highest BCUT2D eigenvalue weighted by atomic mass is 79.9. The number of nitrogens with one attached hydrogen (secondary N) is 9. The molecule has 0 aliphatic carbocycles. The predicted octanol–water partition coefficient (Wildman–Crippen LogP) is 3.27. The van der Waals surface area contributed by atoms with Crippen molar-refractivity contribution in [2.24, 2.45) is 0 Å². The Labute approximate surface area is 269 Å². The van der Waals surface area contributed by atoms with Crippen LogP contribution >= 0.6 is 15.9 Å². The van der Waals surface area contributed by atoms with Crippen LogP contribution in [0.25, 0.3) is 0 Å². The largest absolute Gasteiger partial charge is 0.355 e. The van der Waals surface area contributed by atoms with E-state index >= 15 is 0 Å². The van der Waals surface area contributed by atoms with E-state index in [-0.39, 0.29) is 52.1 Å². The van der Waals surface area contributed by atoms with E-state index < -0.39 is 29.5 Å². The molecule has 238 valence electrons. The third-order valence-electron chi connectivity index (χ3n) is 6.66. The smallest absolute Gasteiger partial charge is 0.292 e. The Balaban J connectivity index is 1.40. The normalized spacial score (nSPS) is 10.5. The summed E-state index contributed by atoms with van der Waals surface area (Å²) in [6.07, 6.45) is 3.09. The van der Waals surface area contributed by atoms with Crippen molar-refractivity contribution in [3.8, 4) is 6.07 Å². The van der Waals surface area contributed by atoms with E-state index in [2.05, 4.69) is 79.0 Å². The first-order valence-electron chi connectivity index (χ1n) is 13.5. The van der Waals surface area contributed by atoms with Crippen molar-refractivity contribution in [3.63, 3.8) is 0 Å². The maximum absolute atomic E-state index is 13.0. The van der Waals surface area contributed by atoms with Gasteiger partial charge >= 0.3 is 0 Å². The van der Waals surface area contributed by atoms with Gasteiger partial charge in [-0.2, -0.15) is 5.26 Å². The Morgan fingerprint density at radius 1 is 0.783 bits per heavy atom. The highest BCUT2D eigenvalue weighted by Gasteiger charge is 2.23. The number of imidazole rings is 2. The zero-order chi connectivity index (χ0) is 33.7. The Morgan fingerprint density at radius 2 is 1.26 bits per heavy atom. The van der Waals surface area contributed by atoms with Gasteiger partial charge in [-0.25, -0.2) is 9.97 Å². The Hall–Kier alpha value is -5.96. The third-order valence-corrected chi connectivity index (χ3v) is 7.02. The molecule has 46 heavy (non-hydrogen) atoms. The monoisotopic (exact) mass is 692 g/mol. The number of nitriles is 1. The molecule has 4 aromatic heterocycles. The fourth-order valence-electron chi connectivity index (χ4n) is 4.13. The second-order valence-electron chi connectivity index (χ2n) is 9.91.